The van der Waals surface area contributed by atoms with Crippen molar-refractivity contribution < 1.29 is 13.3 Å². The smallest absolute Gasteiger partial charge is 0.342 e. The van der Waals surface area contributed by atoms with E-state index >= 15 is 0 Å². The first-order valence-electron chi connectivity index (χ1n) is 5.71. The van der Waals surface area contributed by atoms with Crippen molar-refractivity contribution in [3.05, 3.63) is 22.1 Å². The van der Waals surface area contributed by atoms with Gasteiger partial charge in [0.1, 0.15) is 12.7 Å². The average molecular weight is 275 g/mol. The number of sulfone groups is 1. The molecule has 0 aliphatic carbocycles. The summed E-state index contributed by atoms with van der Waals surface area (Å²) in [6, 6.07) is 0. The first kappa shape index (κ1) is 14.6. The van der Waals surface area contributed by atoms with Crippen LogP contribution in [0.1, 0.15) is 26.1 Å². The summed E-state index contributed by atoms with van der Waals surface area (Å²) >= 11 is 0. The molecule has 0 amide bonds. The normalized spacial score (nSPS) is 13.5. The summed E-state index contributed by atoms with van der Waals surface area (Å²) in [5.41, 5.74) is 0. The molecular weight excluding hydrogens is 258 g/mol. The molecule has 7 nitrogen and oxygen atoms in total. The van der Waals surface area contributed by atoms with E-state index in [0.717, 1.165) is 6.20 Å². The van der Waals surface area contributed by atoms with Gasteiger partial charge in [0.05, 0.1) is 5.25 Å². The van der Waals surface area contributed by atoms with E-state index in [1.165, 1.54) is 4.57 Å². The van der Waals surface area contributed by atoms with Crippen LogP contribution in [0, 0.1) is 17.0 Å². The molecule has 102 valence electrons. The molecule has 8 heteroatoms. The van der Waals surface area contributed by atoms with Crippen molar-refractivity contribution in [2.24, 2.45) is 0 Å². The zero-order chi connectivity index (χ0) is 13.9. The molecule has 1 unspecified atom stereocenters. The number of imidazole rings is 1. The Morgan fingerprint density at radius 1 is 1.50 bits per heavy atom. The molecule has 0 spiro atoms. The van der Waals surface area contributed by atoms with Crippen LogP contribution < -0.4 is 0 Å². The highest BCUT2D eigenvalue weighted by Crippen LogP contribution is 2.18. The van der Waals surface area contributed by atoms with E-state index in [2.05, 4.69) is 4.98 Å². The van der Waals surface area contributed by atoms with E-state index in [4.69, 9.17) is 0 Å². The first-order valence-corrected chi connectivity index (χ1v) is 7.43. The largest absolute Gasteiger partial charge is 0.358 e. The van der Waals surface area contributed by atoms with Crippen molar-refractivity contribution in [2.75, 3.05) is 5.75 Å². The van der Waals surface area contributed by atoms with Gasteiger partial charge in [0, 0.05) is 12.7 Å². The van der Waals surface area contributed by atoms with E-state index in [0.29, 0.717) is 12.2 Å². The Kier molecular flexibility index (Phi) is 4.44. The number of nitrogens with zero attached hydrogens (tertiary/aromatic N) is 3. The molecule has 0 fully saturated rings. The lowest BCUT2D eigenvalue weighted by atomic mass is 10.3. The second-order valence-electron chi connectivity index (χ2n) is 4.01. The van der Waals surface area contributed by atoms with Crippen molar-refractivity contribution in [3.8, 4) is 0 Å². The van der Waals surface area contributed by atoms with Crippen molar-refractivity contribution >= 4 is 15.7 Å². The third kappa shape index (κ3) is 2.87. The van der Waals surface area contributed by atoms with Crippen LogP contribution in [0.4, 0.5) is 5.82 Å². The van der Waals surface area contributed by atoms with Gasteiger partial charge in [0.15, 0.2) is 15.7 Å². The Morgan fingerprint density at radius 3 is 2.56 bits per heavy atom. The highest BCUT2D eigenvalue weighted by molar-refractivity contribution is 7.91. The van der Waals surface area contributed by atoms with Gasteiger partial charge < -0.3 is 10.1 Å². The molecule has 0 bridgehead atoms. The lowest BCUT2D eigenvalue weighted by molar-refractivity contribution is -0.392. The zero-order valence-electron chi connectivity index (χ0n) is 10.7. The number of hydrogen-bond donors (Lipinski definition) is 0. The molecule has 1 heterocycles. The van der Waals surface area contributed by atoms with Gasteiger partial charge in [0.25, 0.3) is 0 Å². The molecule has 1 aromatic rings. The summed E-state index contributed by atoms with van der Waals surface area (Å²) in [5.74, 6) is 0.316. The number of rotatable bonds is 6. The number of aryl methyl sites for hydroxylation is 1. The van der Waals surface area contributed by atoms with Crippen LogP contribution >= 0.6 is 0 Å². The van der Waals surface area contributed by atoms with Gasteiger partial charge in [0.2, 0.25) is 0 Å². The Hall–Kier alpha value is -1.44. The van der Waals surface area contributed by atoms with Gasteiger partial charge >= 0.3 is 5.82 Å². The molecule has 1 aromatic heterocycles. The van der Waals surface area contributed by atoms with Crippen LogP contribution in [-0.4, -0.2) is 33.9 Å². The van der Waals surface area contributed by atoms with Crippen molar-refractivity contribution in [1.82, 2.24) is 9.55 Å². The highest BCUT2D eigenvalue weighted by Gasteiger charge is 2.28. The van der Waals surface area contributed by atoms with Gasteiger partial charge in [-0.2, -0.15) is 0 Å². The topological polar surface area (TPSA) is 95.1 Å². The maximum absolute atomic E-state index is 11.8. The second-order valence-corrected chi connectivity index (χ2v) is 6.58. The molecule has 1 rings (SSSR count). The minimum atomic E-state index is -3.22. The minimum absolute atomic E-state index is 0.0348. The summed E-state index contributed by atoms with van der Waals surface area (Å²) in [7, 11) is -3.22. The molecule has 0 aliphatic heterocycles. The van der Waals surface area contributed by atoms with E-state index in [-0.39, 0.29) is 18.1 Å². The fourth-order valence-corrected chi connectivity index (χ4v) is 3.12. The van der Waals surface area contributed by atoms with Gasteiger partial charge in [-0.3, -0.25) is 0 Å². The first-order chi connectivity index (χ1) is 8.33. The van der Waals surface area contributed by atoms with Gasteiger partial charge in [-0.15, -0.1) is 0 Å². The van der Waals surface area contributed by atoms with Crippen LogP contribution in [0.25, 0.3) is 0 Å². The molecule has 0 saturated carbocycles. The van der Waals surface area contributed by atoms with E-state index in [1.54, 1.807) is 20.8 Å². The van der Waals surface area contributed by atoms with Gasteiger partial charge in [-0.25, -0.2) is 18.0 Å². The van der Waals surface area contributed by atoms with Crippen LogP contribution in [-0.2, 0) is 16.4 Å². The SMILES string of the molecule is CCC(Cn1c([N+](=O)[O-])cnc1C)S(=O)(=O)CC. The lowest BCUT2D eigenvalue weighted by Crippen LogP contribution is -2.28. The number of aromatic nitrogens is 2. The third-order valence-corrected chi connectivity index (χ3v) is 5.28. The van der Waals surface area contributed by atoms with Crippen molar-refractivity contribution in [2.45, 2.75) is 39.0 Å². The maximum atomic E-state index is 11.8. The molecule has 0 aliphatic rings. The zero-order valence-corrected chi connectivity index (χ0v) is 11.5. The Balaban J connectivity index is 3.10. The molecule has 1 atom stereocenters. The lowest BCUT2D eigenvalue weighted by Gasteiger charge is -2.13. The fraction of sp³-hybridized carbons (Fsp3) is 0.700. The Bertz CT molecular complexity index is 535. The molecule has 0 saturated heterocycles. The number of nitro groups is 1. The van der Waals surface area contributed by atoms with Crippen LogP contribution in [0.15, 0.2) is 6.20 Å². The molecule has 0 radical (unpaired) electrons. The maximum Gasteiger partial charge on any atom is 0.342 e. The standard InChI is InChI=1S/C10H17N3O4S/c1-4-9(18(16,17)5-2)7-12-8(3)11-6-10(12)13(14)15/h6,9H,4-5,7H2,1-3H3. The second kappa shape index (κ2) is 5.47. The highest BCUT2D eigenvalue weighted by atomic mass is 32.2. The van der Waals surface area contributed by atoms with Crippen LogP contribution in [0.2, 0.25) is 0 Å². The minimum Gasteiger partial charge on any atom is -0.358 e. The Labute approximate surface area is 106 Å². The van der Waals surface area contributed by atoms with Gasteiger partial charge in [-0.1, -0.05) is 13.8 Å². The third-order valence-electron chi connectivity index (χ3n) is 2.97. The summed E-state index contributed by atoms with van der Waals surface area (Å²) in [6.07, 6.45) is 1.57. The van der Waals surface area contributed by atoms with Crippen LogP contribution in [0.3, 0.4) is 0 Å². The van der Waals surface area contributed by atoms with Crippen molar-refractivity contribution in [3.63, 3.8) is 0 Å². The van der Waals surface area contributed by atoms with Gasteiger partial charge in [-0.05, 0) is 11.3 Å². The number of hydrogen-bond acceptors (Lipinski definition) is 5. The molecule has 0 N–H and O–H groups in total. The Morgan fingerprint density at radius 2 is 2.11 bits per heavy atom. The molecular formula is C10H17N3O4S. The fourth-order valence-electron chi connectivity index (χ4n) is 1.76. The summed E-state index contributed by atoms with van der Waals surface area (Å²) in [6.45, 7) is 5.04. The van der Waals surface area contributed by atoms with Crippen LogP contribution in [0.5, 0.6) is 0 Å². The molecule has 0 aromatic carbocycles. The molecule has 18 heavy (non-hydrogen) atoms. The summed E-state index contributed by atoms with van der Waals surface area (Å²) < 4.78 is 25.0. The monoisotopic (exact) mass is 275 g/mol. The quantitative estimate of drug-likeness (QED) is 0.576. The summed E-state index contributed by atoms with van der Waals surface area (Å²) in [5, 5.41) is 10.2. The predicted molar refractivity (Wildman–Crippen MR) is 67.2 cm³/mol. The predicted octanol–water partition coefficient (Wildman–Crippen LogP) is 1.31. The summed E-state index contributed by atoms with van der Waals surface area (Å²) in [4.78, 5) is 14.1. The van der Waals surface area contributed by atoms with E-state index < -0.39 is 20.0 Å². The average Bonchev–Trinajstić information content (AvgIpc) is 2.67. The van der Waals surface area contributed by atoms with E-state index in [1.807, 2.05) is 0 Å². The van der Waals surface area contributed by atoms with E-state index in [9.17, 15) is 18.5 Å². The van der Waals surface area contributed by atoms with Crippen molar-refractivity contribution in [1.29, 1.82) is 0 Å².